The number of nitrogens with zero attached hydrogens (tertiary/aromatic N) is 1. The molecule has 44 heavy (non-hydrogen) atoms. The van der Waals surface area contributed by atoms with E-state index in [9.17, 15) is 22.8 Å². The van der Waals surface area contributed by atoms with Crippen molar-refractivity contribution in [2.75, 3.05) is 32.0 Å². The minimum atomic E-state index is -4.23. The second kappa shape index (κ2) is 13.5. The predicted molar refractivity (Wildman–Crippen MR) is 166 cm³/mol. The lowest BCUT2D eigenvalue weighted by Crippen LogP contribution is -2.51. The number of halogens is 6. The Bertz CT molecular complexity index is 1340. The van der Waals surface area contributed by atoms with Gasteiger partial charge in [-0.3, -0.25) is 4.79 Å². The summed E-state index contributed by atoms with van der Waals surface area (Å²) < 4.78 is 54.1. The molecule has 4 rings (SSSR count). The molecule has 2 saturated heterocycles. The average Bonchev–Trinajstić information content (AvgIpc) is 3.26. The van der Waals surface area contributed by atoms with Crippen molar-refractivity contribution in [1.29, 1.82) is 0 Å². The third kappa shape index (κ3) is 7.52. The van der Waals surface area contributed by atoms with Gasteiger partial charge < -0.3 is 25.6 Å². The Labute approximate surface area is 266 Å². The topological polar surface area (TPSA) is 73.5 Å². The lowest BCUT2D eigenvalue weighted by molar-refractivity contribution is -0.138. The van der Waals surface area contributed by atoms with Gasteiger partial charge in [0.1, 0.15) is 12.1 Å². The number of amides is 1. The van der Waals surface area contributed by atoms with Crippen LogP contribution in [0.4, 0.5) is 23.2 Å². The Morgan fingerprint density at radius 3 is 2.41 bits per heavy atom. The molecule has 6 nitrogen and oxygen atoms in total. The van der Waals surface area contributed by atoms with Crippen LogP contribution in [0.5, 0.6) is 0 Å². The van der Waals surface area contributed by atoms with Crippen LogP contribution in [0.1, 0.15) is 63.5 Å². The van der Waals surface area contributed by atoms with E-state index in [1.807, 2.05) is 20.8 Å². The molecule has 0 radical (unpaired) electrons. The number of benzene rings is 2. The second-order valence-electron chi connectivity index (χ2n) is 13.1. The highest BCUT2D eigenvalue weighted by atomic mass is 35.5. The summed E-state index contributed by atoms with van der Waals surface area (Å²) in [6, 6.07) is 7.78. The Hall–Kier alpha value is -2.40. The lowest BCUT2D eigenvalue weighted by Gasteiger charge is -2.39. The molecule has 2 fully saturated rings. The highest BCUT2D eigenvalue weighted by Crippen LogP contribution is 2.53. The van der Waals surface area contributed by atoms with E-state index in [1.54, 1.807) is 42.3 Å². The largest absolute Gasteiger partial charge is 0.390 e. The van der Waals surface area contributed by atoms with E-state index in [0.29, 0.717) is 48.6 Å². The summed E-state index contributed by atoms with van der Waals surface area (Å²) in [4.78, 5) is 29.5. The molecular weight excluding hydrogens is 619 g/mol. The Balaban J connectivity index is 1.75. The quantitative estimate of drug-likeness (QED) is 0.207. The maximum atomic E-state index is 15.9. The zero-order chi connectivity index (χ0) is 32.4. The maximum absolute atomic E-state index is 15.9. The number of carbonyl (C=O) groups excluding carboxylic acids is 2. The smallest absolute Gasteiger partial charge is 0.388 e. The van der Waals surface area contributed by atoms with E-state index in [0.717, 1.165) is 6.29 Å². The molecule has 12 heteroatoms. The number of piperidine rings is 1. The zero-order valence-electron chi connectivity index (χ0n) is 25.3. The summed E-state index contributed by atoms with van der Waals surface area (Å²) in [5.74, 6) is -2.11. The van der Waals surface area contributed by atoms with Crippen LogP contribution in [-0.4, -0.2) is 68.1 Å². The number of rotatable bonds is 9. The Morgan fingerprint density at radius 1 is 1.14 bits per heavy atom. The minimum absolute atomic E-state index is 0.0876. The first kappa shape index (κ1) is 34.5. The van der Waals surface area contributed by atoms with Crippen molar-refractivity contribution in [3.63, 3.8) is 0 Å². The number of nitrogens with one attached hydrogen (secondary N) is 3. The highest BCUT2D eigenvalue weighted by molar-refractivity contribution is 6.31. The van der Waals surface area contributed by atoms with Crippen molar-refractivity contribution in [3.8, 4) is 0 Å². The van der Waals surface area contributed by atoms with Crippen molar-refractivity contribution >= 4 is 41.1 Å². The summed E-state index contributed by atoms with van der Waals surface area (Å²) in [5.41, 5.74) is -0.425. The van der Waals surface area contributed by atoms with E-state index in [4.69, 9.17) is 23.2 Å². The van der Waals surface area contributed by atoms with Crippen LogP contribution in [0.15, 0.2) is 36.4 Å². The lowest BCUT2D eigenvalue weighted by atomic mass is 9.62. The van der Waals surface area contributed by atoms with Crippen molar-refractivity contribution in [2.24, 2.45) is 5.41 Å². The van der Waals surface area contributed by atoms with Crippen LogP contribution in [0.25, 0.3) is 0 Å². The molecule has 2 aliphatic rings. The fourth-order valence-electron chi connectivity index (χ4n) is 6.76. The molecule has 0 aromatic heterocycles. The van der Waals surface area contributed by atoms with E-state index in [-0.39, 0.29) is 28.6 Å². The second-order valence-corrected chi connectivity index (χ2v) is 13.9. The first-order chi connectivity index (χ1) is 20.6. The maximum Gasteiger partial charge on any atom is 0.390 e. The third-order valence-electron chi connectivity index (χ3n) is 8.78. The zero-order valence-corrected chi connectivity index (χ0v) is 26.8. The van der Waals surface area contributed by atoms with Crippen LogP contribution in [0, 0.1) is 11.2 Å². The molecule has 0 unspecified atom stereocenters. The molecule has 0 spiro atoms. The van der Waals surface area contributed by atoms with Crippen LogP contribution in [-0.2, 0) is 15.0 Å². The molecule has 3 N–H and O–H groups in total. The number of anilines is 1. The SMILES string of the molecule is CNc1cc(Cl)ccc1[C@]1(C=O)[C@@H](CC(C)(C)C)N[C@@H](C(=O)NC2CCN(CCC(F)(F)F)CC2)[C@@H]1c1cccc(Cl)c1F. The first-order valence-electron chi connectivity index (χ1n) is 14.8. The average molecular weight is 660 g/mol. The monoisotopic (exact) mass is 658 g/mol. The summed E-state index contributed by atoms with van der Waals surface area (Å²) in [6.07, 6.45) is -2.88. The number of hydrogen-bond donors (Lipinski definition) is 3. The third-order valence-corrected chi connectivity index (χ3v) is 9.31. The molecule has 4 atom stereocenters. The molecule has 1 amide bonds. The fourth-order valence-corrected chi connectivity index (χ4v) is 7.11. The first-order valence-corrected chi connectivity index (χ1v) is 15.6. The minimum Gasteiger partial charge on any atom is -0.388 e. The van der Waals surface area contributed by atoms with Crippen molar-refractivity contribution in [2.45, 2.75) is 82.1 Å². The van der Waals surface area contributed by atoms with Crippen LogP contribution < -0.4 is 16.0 Å². The Kier molecular flexibility index (Phi) is 10.6. The summed E-state index contributed by atoms with van der Waals surface area (Å²) in [7, 11) is 1.70. The predicted octanol–water partition coefficient (Wildman–Crippen LogP) is 6.70. The van der Waals surface area contributed by atoms with E-state index < -0.39 is 47.7 Å². The van der Waals surface area contributed by atoms with Gasteiger partial charge >= 0.3 is 6.18 Å². The molecule has 2 aromatic rings. The van der Waals surface area contributed by atoms with Gasteiger partial charge in [0.05, 0.1) is 22.9 Å². The normalized spacial score (nSPS) is 25.2. The van der Waals surface area contributed by atoms with E-state index in [1.165, 1.54) is 6.07 Å². The Morgan fingerprint density at radius 2 is 1.82 bits per heavy atom. The number of carbonyl (C=O) groups is 2. The van der Waals surface area contributed by atoms with Gasteiger partial charge in [0.2, 0.25) is 5.91 Å². The van der Waals surface area contributed by atoms with Gasteiger partial charge in [0.25, 0.3) is 0 Å². The van der Waals surface area contributed by atoms with Gasteiger partial charge in [-0.2, -0.15) is 13.2 Å². The highest BCUT2D eigenvalue weighted by Gasteiger charge is 2.60. The van der Waals surface area contributed by atoms with Crippen molar-refractivity contribution < 1.29 is 27.2 Å². The van der Waals surface area contributed by atoms with Gasteiger partial charge in [0.15, 0.2) is 0 Å². The fraction of sp³-hybridized carbons (Fsp3) is 0.562. The summed E-state index contributed by atoms with van der Waals surface area (Å²) in [6.45, 7) is 6.81. The number of aldehydes is 1. The number of alkyl halides is 3. The molecule has 2 heterocycles. The van der Waals surface area contributed by atoms with Crippen LogP contribution in [0.3, 0.4) is 0 Å². The molecule has 2 aliphatic heterocycles. The van der Waals surface area contributed by atoms with Gasteiger partial charge in [-0.1, -0.05) is 62.2 Å². The van der Waals surface area contributed by atoms with Crippen LogP contribution >= 0.6 is 23.2 Å². The molecular formula is C32H40Cl2F4N4O2. The van der Waals surface area contributed by atoms with Gasteiger partial charge in [0, 0.05) is 55.4 Å². The van der Waals surface area contributed by atoms with Gasteiger partial charge in [-0.05, 0) is 54.0 Å². The summed E-state index contributed by atoms with van der Waals surface area (Å²) in [5, 5.41) is 9.93. The van der Waals surface area contributed by atoms with Crippen molar-refractivity contribution in [3.05, 3.63) is 63.4 Å². The van der Waals surface area contributed by atoms with Crippen molar-refractivity contribution in [1.82, 2.24) is 15.5 Å². The van der Waals surface area contributed by atoms with Crippen LogP contribution in [0.2, 0.25) is 10.0 Å². The van der Waals surface area contributed by atoms with E-state index in [2.05, 4.69) is 16.0 Å². The molecule has 242 valence electrons. The van der Waals surface area contributed by atoms with E-state index >= 15 is 4.39 Å². The number of likely N-dealkylation sites (tertiary alicyclic amines) is 1. The summed E-state index contributed by atoms with van der Waals surface area (Å²) >= 11 is 12.6. The van der Waals surface area contributed by atoms with Gasteiger partial charge in [-0.25, -0.2) is 4.39 Å². The molecule has 0 bridgehead atoms. The molecule has 0 saturated carbocycles. The number of hydrogen-bond acceptors (Lipinski definition) is 5. The molecule has 0 aliphatic carbocycles. The molecule has 2 aromatic carbocycles. The van der Waals surface area contributed by atoms with Gasteiger partial charge in [-0.15, -0.1) is 0 Å². The standard InChI is InChI=1S/C32H40Cl2F4N4O2/c1-30(2,3)17-25-31(18-43,22-9-8-19(33)16-24(22)39-4)26(21-6-5-7-23(34)27(21)35)28(41-25)29(44)40-20-10-13-42(14-11-20)15-12-32(36,37)38/h5-9,16,18,20,25-26,28,39,41H,10-15,17H2,1-4H3,(H,40,44)/t25-,26+,28-,31-/m1/s1.